The zero-order chi connectivity index (χ0) is 13.8. The van der Waals surface area contributed by atoms with Crippen LogP contribution in [0.15, 0.2) is 42.5 Å². The molecule has 0 unspecified atom stereocenters. The first-order chi connectivity index (χ1) is 9.06. The minimum atomic E-state index is -0.438. The van der Waals surface area contributed by atoms with Crippen molar-refractivity contribution in [3.05, 3.63) is 53.1 Å². The first-order valence-electron chi connectivity index (χ1n) is 5.68. The van der Waals surface area contributed by atoms with Gasteiger partial charge in [-0.15, -0.1) is 0 Å². The van der Waals surface area contributed by atoms with E-state index < -0.39 is 6.03 Å². The Bertz CT molecular complexity index is 614. The maximum absolute atomic E-state index is 11.8. The smallest absolute Gasteiger partial charge is 0.323 e. The summed E-state index contributed by atoms with van der Waals surface area (Å²) in [4.78, 5) is 11.8. The number of rotatable bonds is 2. The lowest BCUT2D eigenvalue weighted by atomic mass is 10.2. The van der Waals surface area contributed by atoms with Crippen molar-refractivity contribution in [3.63, 3.8) is 0 Å². The van der Waals surface area contributed by atoms with Crippen LogP contribution in [0.5, 0.6) is 5.75 Å². The summed E-state index contributed by atoms with van der Waals surface area (Å²) in [6.07, 6.45) is 0. The van der Waals surface area contributed by atoms with Crippen LogP contribution in [0.3, 0.4) is 0 Å². The lowest BCUT2D eigenvalue weighted by Gasteiger charge is -2.11. The summed E-state index contributed by atoms with van der Waals surface area (Å²) in [6, 6.07) is 11.3. The molecule has 2 rings (SSSR count). The SMILES string of the molecule is Cc1ccc(Cl)cc1NC(=O)Nc1ccccc1O. The van der Waals surface area contributed by atoms with Crippen LogP contribution in [-0.4, -0.2) is 11.1 Å². The quantitative estimate of drug-likeness (QED) is 0.726. The van der Waals surface area contributed by atoms with Gasteiger partial charge in [0.15, 0.2) is 0 Å². The van der Waals surface area contributed by atoms with Crippen LogP contribution >= 0.6 is 11.6 Å². The van der Waals surface area contributed by atoms with E-state index >= 15 is 0 Å². The van der Waals surface area contributed by atoms with E-state index in [0.717, 1.165) is 5.56 Å². The van der Waals surface area contributed by atoms with Gasteiger partial charge in [-0.25, -0.2) is 4.79 Å². The second kappa shape index (κ2) is 5.63. The summed E-state index contributed by atoms with van der Waals surface area (Å²) in [6.45, 7) is 1.87. The number of carbonyl (C=O) groups excluding carboxylic acids is 1. The molecule has 2 aromatic carbocycles. The third-order valence-electron chi connectivity index (χ3n) is 2.60. The Hall–Kier alpha value is -2.20. The molecule has 0 aliphatic heterocycles. The van der Waals surface area contributed by atoms with Gasteiger partial charge in [0.2, 0.25) is 0 Å². The number of amides is 2. The highest BCUT2D eigenvalue weighted by molar-refractivity contribution is 6.31. The normalized spacial score (nSPS) is 10.0. The van der Waals surface area contributed by atoms with Gasteiger partial charge in [-0.05, 0) is 36.8 Å². The number of hydrogen-bond donors (Lipinski definition) is 3. The molecule has 0 saturated carbocycles. The number of carbonyl (C=O) groups is 1. The number of urea groups is 1. The number of nitrogens with one attached hydrogen (secondary N) is 2. The monoisotopic (exact) mass is 276 g/mol. The van der Waals surface area contributed by atoms with Crippen molar-refractivity contribution >= 4 is 29.0 Å². The van der Waals surface area contributed by atoms with Gasteiger partial charge in [0.1, 0.15) is 5.75 Å². The maximum Gasteiger partial charge on any atom is 0.323 e. The van der Waals surface area contributed by atoms with E-state index in [-0.39, 0.29) is 5.75 Å². The zero-order valence-electron chi connectivity index (χ0n) is 10.3. The van der Waals surface area contributed by atoms with Crippen LogP contribution in [0, 0.1) is 6.92 Å². The number of benzene rings is 2. The molecule has 0 radical (unpaired) electrons. The molecule has 0 fully saturated rings. The highest BCUT2D eigenvalue weighted by Gasteiger charge is 2.07. The lowest BCUT2D eigenvalue weighted by molar-refractivity contribution is 0.262. The summed E-state index contributed by atoms with van der Waals surface area (Å²) >= 11 is 5.87. The molecule has 19 heavy (non-hydrogen) atoms. The molecule has 0 aliphatic rings. The number of phenols is 1. The fourth-order valence-corrected chi connectivity index (χ4v) is 1.76. The molecule has 0 atom stereocenters. The fourth-order valence-electron chi connectivity index (χ4n) is 1.58. The molecule has 0 aliphatic carbocycles. The zero-order valence-corrected chi connectivity index (χ0v) is 11.0. The third kappa shape index (κ3) is 3.39. The molecule has 2 amide bonds. The molecular formula is C14H13ClN2O2. The topological polar surface area (TPSA) is 61.4 Å². The van der Waals surface area contributed by atoms with Crippen molar-refractivity contribution in [3.8, 4) is 5.75 Å². The molecule has 3 N–H and O–H groups in total. The van der Waals surface area contributed by atoms with Crippen LogP contribution in [0.4, 0.5) is 16.2 Å². The molecule has 0 heterocycles. The second-order valence-electron chi connectivity index (χ2n) is 4.06. The molecular weight excluding hydrogens is 264 g/mol. The highest BCUT2D eigenvalue weighted by Crippen LogP contribution is 2.23. The van der Waals surface area contributed by atoms with E-state index in [9.17, 15) is 9.90 Å². The largest absolute Gasteiger partial charge is 0.506 e. The summed E-state index contributed by atoms with van der Waals surface area (Å²) in [5.41, 5.74) is 1.87. The van der Waals surface area contributed by atoms with Crippen LogP contribution in [0.1, 0.15) is 5.56 Å². The van der Waals surface area contributed by atoms with Crippen LogP contribution in [0.25, 0.3) is 0 Å². The minimum absolute atomic E-state index is 0.0143. The van der Waals surface area contributed by atoms with Gasteiger partial charge in [0.05, 0.1) is 5.69 Å². The van der Waals surface area contributed by atoms with Gasteiger partial charge >= 0.3 is 6.03 Å². The molecule has 0 saturated heterocycles. The fraction of sp³-hybridized carbons (Fsp3) is 0.0714. The van der Waals surface area contributed by atoms with Crippen molar-refractivity contribution < 1.29 is 9.90 Å². The molecule has 98 valence electrons. The van der Waals surface area contributed by atoms with E-state index in [2.05, 4.69) is 10.6 Å². The van der Waals surface area contributed by atoms with E-state index in [1.54, 1.807) is 30.3 Å². The summed E-state index contributed by atoms with van der Waals surface area (Å²) < 4.78 is 0. The van der Waals surface area contributed by atoms with E-state index in [1.165, 1.54) is 6.07 Å². The molecule has 4 nitrogen and oxygen atoms in total. The number of aromatic hydroxyl groups is 1. The van der Waals surface area contributed by atoms with Crippen molar-refractivity contribution in [2.24, 2.45) is 0 Å². The Kier molecular flexibility index (Phi) is 3.92. The van der Waals surface area contributed by atoms with Gasteiger partial charge in [-0.1, -0.05) is 29.8 Å². The number of para-hydroxylation sites is 2. The predicted molar refractivity (Wildman–Crippen MR) is 76.9 cm³/mol. The Morgan fingerprint density at radius 1 is 1.11 bits per heavy atom. The molecule has 2 aromatic rings. The Morgan fingerprint density at radius 3 is 2.53 bits per heavy atom. The van der Waals surface area contributed by atoms with Gasteiger partial charge in [-0.3, -0.25) is 0 Å². The van der Waals surface area contributed by atoms with E-state index in [0.29, 0.717) is 16.4 Å². The highest BCUT2D eigenvalue weighted by atomic mass is 35.5. The van der Waals surface area contributed by atoms with Crippen molar-refractivity contribution in [2.45, 2.75) is 6.92 Å². The van der Waals surface area contributed by atoms with Gasteiger partial charge in [-0.2, -0.15) is 0 Å². The van der Waals surface area contributed by atoms with E-state index in [1.807, 2.05) is 13.0 Å². The first-order valence-corrected chi connectivity index (χ1v) is 6.06. The summed E-state index contributed by atoms with van der Waals surface area (Å²) in [5, 5.41) is 15.3. The average molecular weight is 277 g/mol. The first kappa shape index (κ1) is 13.2. The van der Waals surface area contributed by atoms with Gasteiger partial charge in [0, 0.05) is 10.7 Å². The maximum atomic E-state index is 11.8. The standard InChI is InChI=1S/C14H13ClN2O2/c1-9-6-7-10(15)8-12(9)17-14(19)16-11-4-2-3-5-13(11)18/h2-8,18H,1H3,(H2,16,17,19). The number of aryl methyl sites for hydroxylation is 1. The van der Waals surface area contributed by atoms with Crippen LogP contribution in [0.2, 0.25) is 5.02 Å². The number of phenolic OH excluding ortho intramolecular Hbond substituents is 1. The molecule has 0 aromatic heterocycles. The Balaban J connectivity index is 2.10. The Labute approximate surface area is 116 Å². The lowest BCUT2D eigenvalue weighted by Crippen LogP contribution is -2.20. The number of hydrogen-bond acceptors (Lipinski definition) is 2. The third-order valence-corrected chi connectivity index (χ3v) is 2.84. The predicted octanol–water partition coefficient (Wildman–Crippen LogP) is 4.00. The Morgan fingerprint density at radius 2 is 1.79 bits per heavy atom. The van der Waals surface area contributed by atoms with Gasteiger partial charge < -0.3 is 15.7 Å². The molecule has 5 heteroatoms. The van der Waals surface area contributed by atoms with Crippen molar-refractivity contribution in [1.29, 1.82) is 0 Å². The van der Waals surface area contributed by atoms with E-state index in [4.69, 9.17) is 11.6 Å². The number of halogens is 1. The number of anilines is 2. The second-order valence-corrected chi connectivity index (χ2v) is 4.49. The summed E-state index contributed by atoms with van der Waals surface area (Å²) in [5.74, 6) is 0.0143. The average Bonchev–Trinajstić information content (AvgIpc) is 2.37. The molecule has 0 bridgehead atoms. The van der Waals surface area contributed by atoms with Crippen molar-refractivity contribution in [2.75, 3.05) is 10.6 Å². The van der Waals surface area contributed by atoms with Gasteiger partial charge in [0.25, 0.3) is 0 Å². The van der Waals surface area contributed by atoms with Crippen LogP contribution in [-0.2, 0) is 0 Å². The summed E-state index contributed by atoms with van der Waals surface area (Å²) in [7, 11) is 0. The minimum Gasteiger partial charge on any atom is -0.506 e. The molecule has 0 spiro atoms. The van der Waals surface area contributed by atoms with Crippen molar-refractivity contribution in [1.82, 2.24) is 0 Å². The van der Waals surface area contributed by atoms with Crippen LogP contribution < -0.4 is 10.6 Å².